The van der Waals surface area contributed by atoms with E-state index in [1.807, 2.05) is 12.1 Å². The van der Waals surface area contributed by atoms with E-state index in [9.17, 15) is 13.6 Å². The first-order chi connectivity index (χ1) is 8.43. The lowest BCUT2D eigenvalue weighted by molar-refractivity contribution is -0.122. The number of nitrogens with one attached hydrogen (secondary N) is 1. The van der Waals surface area contributed by atoms with Crippen LogP contribution in [0.1, 0.15) is 17.7 Å². The van der Waals surface area contributed by atoms with Crippen LogP contribution in [0, 0.1) is 0 Å². The summed E-state index contributed by atoms with van der Waals surface area (Å²) in [6, 6.07) is 3.93. The fraction of sp³-hybridized carbons (Fsp3) is 0.545. The molecule has 0 atom stereocenters. The summed E-state index contributed by atoms with van der Waals surface area (Å²) in [5.41, 5.74) is 4.87. The van der Waals surface area contributed by atoms with Crippen LogP contribution in [0.15, 0.2) is 15.9 Å². The minimum absolute atomic E-state index is 0.246. The van der Waals surface area contributed by atoms with E-state index in [1.165, 1.54) is 4.88 Å². The lowest BCUT2D eigenvalue weighted by Crippen LogP contribution is -2.41. The molecule has 0 aliphatic rings. The maximum atomic E-state index is 12.8. The van der Waals surface area contributed by atoms with Gasteiger partial charge in [-0.1, -0.05) is 0 Å². The van der Waals surface area contributed by atoms with Crippen molar-refractivity contribution in [1.82, 2.24) is 5.32 Å². The van der Waals surface area contributed by atoms with Crippen LogP contribution < -0.4 is 11.1 Å². The van der Waals surface area contributed by atoms with Crippen molar-refractivity contribution in [2.45, 2.75) is 25.2 Å². The van der Waals surface area contributed by atoms with Gasteiger partial charge in [0.15, 0.2) is 0 Å². The van der Waals surface area contributed by atoms with Crippen LogP contribution in [0.25, 0.3) is 0 Å². The average molecular weight is 341 g/mol. The number of hydrogen-bond acceptors (Lipinski definition) is 3. The van der Waals surface area contributed by atoms with Crippen LogP contribution in [0.3, 0.4) is 0 Å². The summed E-state index contributed by atoms with van der Waals surface area (Å²) in [7, 11) is 0. The Hall–Kier alpha value is -0.530. The maximum Gasteiger partial charge on any atom is 0.277 e. The molecule has 0 aromatic carbocycles. The summed E-state index contributed by atoms with van der Waals surface area (Å²) in [5.74, 6) is -3.38. The molecule has 0 radical (unpaired) electrons. The molecule has 0 unspecified atom stereocenters. The van der Waals surface area contributed by atoms with Gasteiger partial charge >= 0.3 is 0 Å². The van der Waals surface area contributed by atoms with Gasteiger partial charge in [-0.3, -0.25) is 4.79 Å². The summed E-state index contributed by atoms with van der Waals surface area (Å²) < 4.78 is 26.6. The second-order valence-electron chi connectivity index (χ2n) is 3.90. The number of thiophene rings is 1. The minimum Gasteiger partial charge on any atom is -0.350 e. The van der Waals surface area contributed by atoms with E-state index in [-0.39, 0.29) is 12.3 Å². The van der Waals surface area contributed by atoms with E-state index in [0.29, 0.717) is 6.42 Å². The molecule has 3 N–H and O–H groups in total. The molecular weight excluding hydrogens is 326 g/mol. The Bertz CT molecular complexity index is 398. The monoisotopic (exact) mass is 340 g/mol. The van der Waals surface area contributed by atoms with E-state index in [2.05, 4.69) is 21.2 Å². The Kier molecular flexibility index (Phi) is 6.17. The van der Waals surface area contributed by atoms with Gasteiger partial charge in [-0.2, -0.15) is 0 Å². The minimum atomic E-state index is -3.02. The number of aryl methyl sites for hydroxylation is 1. The van der Waals surface area contributed by atoms with Gasteiger partial charge in [0.05, 0.1) is 16.9 Å². The van der Waals surface area contributed by atoms with E-state index >= 15 is 0 Å². The molecule has 0 aliphatic carbocycles. The highest BCUT2D eigenvalue weighted by molar-refractivity contribution is 9.11. The molecule has 102 valence electrons. The molecule has 1 amide bonds. The van der Waals surface area contributed by atoms with Crippen LogP contribution >= 0.6 is 27.3 Å². The fourth-order valence-corrected chi connectivity index (χ4v) is 2.82. The van der Waals surface area contributed by atoms with Crippen molar-refractivity contribution in [3.63, 3.8) is 0 Å². The molecule has 0 saturated heterocycles. The van der Waals surface area contributed by atoms with Crippen molar-refractivity contribution in [2.24, 2.45) is 5.73 Å². The van der Waals surface area contributed by atoms with Crippen LogP contribution in [0.2, 0.25) is 0 Å². The van der Waals surface area contributed by atoms with Gasteiger partial charge in [0.1, 0.15) is 0 Å². The smallest absolute Gasteiger partial charge is 0.277 e. The second kappa shape index (κ2) is 7.16. The van der Waals surface area contributed by atoms with E-state index in [4.69, 9.17) is 5.73 Å². The predicted molar refractivity (Wildman–Crippen MR) is 72.0 cm³/mol. The lowest BCUT2D eigenvalue weighted by atomic mass is 10.2. The second-order valence-corrected chi connectivity index (χ2v) is 6.44. The topological polar surface area (TPSA) is 55.1 Å². The molecule has 1 aromatic heterocycles. The molecule has 18 heavy (non-hydrogen) atoms. The Morgan fingerprint density at radius 3 is 2.78 bits per heavy atom. The van der Waals surface area contributed by atoms with Crippen LogP contribution in [0.5, 0.6) is 0 Å². The number of rotatable bonds is 7. The molecular formula is C11H15BrF2N2OS. The summed E-state index contributed by atoms with van der Waals surface area (Å²) in [6.07, 6.45) is 1.67. The Morgan fingerprint density at radius 2 is 2.22 bits per heavy atom. The first kappa shape index (κ1) is 15.5. The zero-order chi connectivity index (χ0) is 13.6. The SMILES string of the molecule is NCC(F)(F)CNC(=O)CCCc1ccc(Br)s1. The van der Waals surface area contributed by atoms with Crippen LogP contribution in [0.4, 0.5) is 8.78 Å². The van der Waals surface area contributed by atoms with Crippen molar-refractivity contribution >= 4 is 33.2 Å². The van der Waals surface area contributed by atoms with Crippen LogP contribution in [-0.2, 0) is 11.2 Å². The number of hydrogen-bond donors (Lipinski definition) is 2. The molecule has 0 bridgehead atoms. The molecule has 1 heterocycles. The molecule has 3 nitrogen and oxygen atoms in total. The van der Waals surface area contributed by atoms with Gasteiger partial charge in [0, 0.05) is 11.3 Å². The molecule has 1 aromatic rings. The third kappa shape index (κ3) is 5.88. The van der Waals surface area contributed by atoms with Crippen molar-refractivity contribution in [1.29, 1.82) is 0 Å². The molecule has 7 heteroatoms. The first-order valence-corrected chi connectivity index (χ1v) is 7.13. The standard InChI is InChI=1S/C11H15BrF2N2OS/c12-9-5-4-8(18-9)2-1-3-10(17)16-7-11(13,14)6-15/h4-5H,1-3,6-7,15H2,(H,16,17). The van der Waals surface area contributed by atoms with Gasteiger partial charge in [-0.25, -0.2) is 8.78 Å². The number of amides is 1. The number of alkyl halides is 2. The van der Waals surface area contributed by atoms with Crippen LogP contribution in [-0.4, -0.2) is 24.9 Å². The Labute approximate surface area is 117 Å². The van der Waals surface area contributed by atoms with Gasteiger partial charge in [0.2, 0.25) is 5.91 Å². The largest absolute Gasteiger partial charge is 0.350 e. The summed E-state index contributed by atoms with van der Waals surface area (Å²) in [4.78, 5) is 12.5. The van der Waals surface area contributed by atoms with Gasteiger partial charge in [-0.05, 0) is 40.9 Å². The Morgan fingerprint density at radius 1 is 1.50 bits per heavy atom. The lowest BCUT2D eigenvalue weighted by Gasteiger charge is -2.14. The third-order valence-electron chi connectivity index (χ3n) is 2.30. The van der Waals surface area contributed by atoms with Gasteiger partial charge in [0.25, 0.3) is 5.92 Å². The molecule has 0 spiro atoms. The quantitative estimate of drug-likeness (QED) is 0.801. The highest BCUT2D eigenvalue weighted by Gasteiger charge is 2.26. The number of nitrogens with two attached hydrogens (primary N) is 1. The van der Waals surface area contributed by atoms with Crippen molar-refractivity contribution in [3.8, 4) is 0 Å². The zero-order valence-electron chi connectivity index (χ0n) is 9.72. The fourth-order valence-electron chi connectivity index (χ4n) is 1.30. The summed E-state index contributed by atoms with van der Waals surface area (Å²) in [5, 5.41) is 2.19. The highest BCUT2D eigenvalue weighted by Crippen LogP contribution is 2.23. The van der Waals surface area contributed by atoms with Gasteiger partial charge in [-0.15, -0.1) is 11.3 Å². The number of carbonyl (C=O) groups excluding carboxylic acids is 1. The summed E-state index contributed by atoms with van der Waals surface area (Å²) in [6.45, 7) is -1.44. The molecule has 0 aliphatic heterocycles. The van der Waals surface area contributed by atoms with Gasteiger partial charge < -0.3 is 11.1 Å². The predicted octanol–water partition coefficient (Wildman–Crippen LogP) is 2.54. The summed E-state index contributed by atoms with van der Waals surface area (Å²) >= 11 is 4.96. The Balaban J connectivity index is 2.18. The highest BCUT2D eigenvalue weighted by atomic mass is 79.9. The van der Waals surface area contributed by atoms with Crippen molar-refractivity contribution in [3.05, 3.63) is 20.8 Å². The van der Waals surface area contributed by atoms with Crippen molar-refractivity contribution in [2.75, 3.05) is 13.1 Å². The molecule has 0 saturated carbocycles. The van der Waals surface area contributed by atoms with E-state index < -0.39 is 19.0 Å². The maximum absolute atomic E-state index is 12.8. The number of carbonyl (C=O) groups is 1. The van der Waals surface area contributed by atoms with Crippen molar-refractivity contribution < 1.29 is 13.6 Å². The normalized spacial score (nSPS) is 11.6. The molecule has 1 rings (SSSR count). The first-order valence-electron chi connectivity index (χ1n) is 5.52. The molecule has 0 fully saturated rings. The van der Waals surface area contributed by atoms with E-state index in [1.54, 1.807) is 11.3 Å². The average Bonchev–Trinajstić information content (AvgIpc) is 2.73. The number of halogens is 3. The third-order valence-corrected chi connectivity index (χ3v) is 3.98. The van der Waals surface area contributed by atoms with E-state index in [0.717, 1.165) is 10.2 Å². The zero-order valence-corrected chi connectivity index (χ0v) is 12.1.